The van der Waals surface area contributed by atoms with Crippen molar-refractivity contribution in [1.29, 1.82) is 0 Å². The Balaban J connectivity index is 1.97. The number of fused-ring (bicyclic) bond motifs is 1. The van der Waals surface area contributed by atoms with E-state index in [1.165, 1.54) is 23.4 Å². The molecule has 0 bridgehead atoms. The molecule has 1 saturated heterocycles. The average Bonchev–Trinajstić information content (AvgIpc) is 2.87. The number of hydrogen-bond acceptors (Lipinski definition) is 4. The van der Waals surface area contributed by atoms with E-state index in [9.17, 15) is 0 Å². The molecule has 4 nitrogen and oxygen atoms in total. The number of rotatable bonds is 1. The summed E-state index contributed by atoms with van der Waals surface area (Å²) in [4.78, 5) is 0. The van der Waals surface area contributed by atoms with E-state index in [0.717, 1.165) is 31.1 Å². The van der Waals surface area contributed by atoms with E-state index in [-0.39, 0.29) is 0 Å². The van der Waals surface area contributed by atoms with Crippen LogP contribution in [-0.4, -0.2) is 27.8 Å². The van der Waals surface area contributed by atoms with Crippen molar-refractivity contribution in [2.45, 2.75) is 25.4 Å². The van der Waals surface area contributed by atoms with Gasteiger partial charge >= 0.3 is 0 Å². The molecule has 3 rings (SSSR count). The maximum atomic E-state index is 6.16. The highest BCUT2D eigenvalue weighted by Crippen LogP contribution is 2.31. The standard InChI is InChI=1S/C10H16N4S/c11-10-8-5-12-3-1-9(8)13-14(10)7-2-4-15-6-7/h7,12H,1-6,11H2. The first kappa shape index (κ1) is 9.54. The zero-order valence-corrected chi connectivity index (χ0v) is 9.52. The van der Waals surface area contributed by atoms with E-state index in [0.29, 0.717) is 6.04 Å². The number of nitrogens with one attached hydrogen (secondary N) is 1. The zero-order chi connectivity index (χ0) is 10.3. The van der Waals surface area contributed by atoms with Crippen molar-refractivity contribution in [3.63, 3.8) is 0 Å². The molecule has 2 aliphatic heterocycles. The Morgan fingerprint density at radius 2 is 2.47 bits per heavy atom. The zero-order valence-electron chi connectivity index (χ0n) is 8.70. The van der Waals surface area contributed by atoms with E-state index >= 15 is 0 Å². The summed E-state index contributed by atoms with van der Waals surface area (Å²) >= 11 is 2.00. The fourth-order valence-corrected chi connectivity index (χ4v) is 3.52. The van der Waals surface area contributed by atoms with Crippen molar-refractivity contribution >= 4 is 17.6 Å². The highest BCUT2D eigenvalue weighted by molar-refractivity contribution is 7.99. The number of nitrogens with two attached hydrogens (primary N) is 1. The maximum Gasteiger partial charge on any atom is 0.126 e. The van der Waals surface area contributed by atoms with Gasteiger partial charge in [-0.15, -0.1) is 0 Å². The van der Waals surface area contributed by atoms with E-state index in [1.54, 1.807) is 0 Å². The molecule has 0 aromatic carbocycles. The Morgan fingerprint density at radius 1 is 1.53 bits per heavy atom. The smallest absolute Gasteiger partial charge is 0.126 e. The van der Waals surface area contributed by atoms with Gasteiger partial charge in [0, 0.05) is 30.8 Å². The van der Waals surface area contributed by atoms with Crippen LogP contribution in [0.4, 0.5) is 5.82 Å². The summed E-state index contributed by atoms with van der Waals surface area (Å²) in [6.07, 6.45) is 2.23. The van der Waals surface area contributed by atoms with Crippen LogP contribution in [0.1, 0.15) is 23.7 Å². The minimum absolute atomic E-state index is 0.528. The van der Waals surface area contributed by atoms with Crippen LogP contribution in [0.15, 0.2) is 0 Å². The monoisotopic (exact) mass is 224 g/mol. The van der Waals surface area contributed by atoms with Crippen LogP contribution in [0.25, 0.3) is 0 Å². The quantitative estimate of drug-likeness (QED) is 0.740. The number of hydrogen-bond donors (Lipinski definition) is 2. The van der Waals surface area contributed by atoms with Gasteiger partial charge in [0.25, 0.3) is 0 Å². The van der Waals surface area contributed by atoms with Crippen molar-refractivity contribution in [3.8, 4) is 0 Å². The van der Waals surface area contributed by atoms with Gasteiger partial charge in [0.15, 0.2) is 0 Å². The normalized spacial score (nSPS) is 25.5. The molecule has 0 radical (unpaired) electrons. The highest BCUT2D eigenvalue weighted by atomic mass is 32.2. The first-order chi connectivity index (χ1) is 7.36. The first-order valence-corrected chi connectivity index (χ1v) is 6.66. The lowest BCUT2D eigenvalue weighted by molar-refractivity contribution is 0.503. The van der Waals surface area contributed by atoms with Crippen molar-refractivity contribution in [2.24, 2.45) is 0 Å². The van der Waals surface area contributed by atoms with Gasteiger partial charge < -0.3 is 11.1 Å². The van der Waals surface area contributed by atoms with Crippen LogP contribution in [0.2, 0.25) is 0 Å². The second-order valence-electron chi connectivity index (χ2n) is 4.20. The highest BCUT2D eigenvalue weighted by Gasteiger charge is 2.25. The lowest BCUT2D eigenvalue weighted by atomic mass is 10.1. The van der Waals surface area contributed by atoms with Gasteiger partial charge in [-0.05, 0) is 12.2 Å². The molecular formula is C10H16N4S. The molecule has 0 aliphatic carbocycles. The molecule has 0 spiro atoms. The van der Waals surface area contributed by atoms with Crippen LogP contribution >= 0.6 is 11.8 Å². The molecule has 1 unspecified atom stereocenters. The third kappa shape index (κ3) is 1.54. The van der Waals surface area contributed by atoms with Crippen molar-refractivity contribution < 1.29 is 0 Å². The molecule has 1 fully saturated rings. The summed E-state index contributed by atoms with van der Waals surface area (Å²) in [5.41, 5.74) is 8.60. The van der Waals surface area contributed by atoms with Gasteiger partial charge in [-0.1, -0.05) is 0 Å². The van der Waals surface area contributed by atoms with Crippen LogP contribution < -0.4 is 11.1 Å². The summed E-state index contributed by atoms with van der Waals surface area (Å²) in [7, 11) is 0. The topological polar surface area (TPSA) is 55.9 Å². The van der Waals surface area contributed by atoms with Crippen LogP contribution in [0.3, 0.4) is 0 Å². The predicted octanol–water partition coefficient (Wildman–Crippen LogP) is 0.789. The predicted molar refractivity (Wildman–Crippen MR) is 63.0 cm³/mol. The van der Waals surface area contributed by atoms with Crippen LogP contribution in [0.5, 0.6) is 0 Å². The van der Waals surface area contributed by atoms with Gasteiger partial charge in [-0.3, -0.25) is 0 Å². The minimum Gasteiger partial charge on any atom is -0.384 e. The van der Waals surface area contributed by atoms with Gasteiger partial charge in [-0.2, -0.15) is 16.9 Å². The van der Waals surface area contributed by atoms with Crippen molar-refractivity contribution in [1.82, 2.24) is 15.1 Å². The molecule has 15 heavy (non-hydrogen) atoms. The van der Waals surface area contributed by atoms with Gasteiger partial charge in [0.1, 0.15) is 5.82 Å². The van der Waals surface area contributed by atoms with E-state index < -0.39 is 0 Å². The molecule has 1 aromatic rings. The second-order valence-corrected chi connectivity index (χ2v) is 5.35. The third-order valence-corrected chi connectivity index (χ3v) is 4.37. The summed E-state index contributed by atoms with van der Waals surface area (Å²) in [5.74, 6) is 3.30. The number of thioether (sulfide) groups is 1. The molecule has 1 atom stereocenters. The Morgan fingerprint density at radius 3 is 3.20 bits per heavy atom. The van der Waals surface area contributed by atoms with Gasteiger partial charge in [0.05, 0.1) is 11.7 Å². The SMILES string of the molecule is Nc1c2c(nn1C1CCSC1)CCNC2. The summed E-state index contributed by atoms with van der Waals surface area (Å²) < 4.78 is 2.07. The Bertz CT molecular complexity index is 368. The first-order valence-electron chi connectivity index (χ1n) is 5.50. The molecule has 0 amide bonds. The van der Waals surface area contributed by atoms with Crippen molar-refractivity contribution in [2.75, 3.05) is 23.8 Å². The summed E-state index contributed by atoms with van der Waals surface area (Å²) in [6.45, 7) is 1.92. The molecule has 3 N–H and O–H groups in total. The molecule has 0 saturated carbocycles. The molecule has 2 aliphatic rings. The summed E-state index contributed by atoms with van der Waals surface area (Å²) in [5, 5.41) is 8.02. The van der Waals surface area contributed by atoms with E-state index in [4.69, 9.17) is 5.73 Å². The number of anilines is 1. The minimum atomic E-state index is 0.528. The molecule has 1 aromatic heterocycles. The van der Waals surface area contributed by atoms with E-state index in [2.05, 4.69) is 15.1 Å². The Labute approximate surface area is 93.6 Å². The number of nitrogens with zero attached hydrogens (tertiary/aromatic N) is 2. The van der Waals surface area contributed by atoms with Crippen LogP contribution in [0, 0.1) is 0 Å². The average molecular weight is 224 g/mol. The second kappa shape index (κ2) is 3.72. The molecule has 5 heteroatoms. The van der Waals surface area contributed by atoms with Crippen molar-refractivity contribution in [3.05, 3.63) is 11.3 Å². The Kier molecular flexibility index (Phi) is 2.36. The number of nitrogen functional groups attached to an aromatic ring is 1. The van der Waals surface area contributed by atoms with Gasteiger partial charge in [0.2, 0.25) is 0 Å². The fraction of sp³-hybridized carbons (Fsp3) is 0.700. The molecule has 82 valence electrons. The lowest BCUT2D eigenvalue weighted by Gasteiger charge is -2.12. The molecular weight excluding hydrogens is 208 g/mol. The summed E-state index contributed by atoms with van der Waals surface area (Å²) in [6, 6.07) is 0.528. The Hall–Kier alpha value is -0.680. The van der Waals surface area contributed by atoms with Gasteiger partial charge in [-0.25, -0.2) is 4.68 Å². The largest absolute Gasteiger partial charge is 0.384 e. The fourth-order valence-electron chi connectivity index (χ4n) is 2.34. The van der Waals surface area contributed by atoms with Crippen LogP contribution in [-0.2, 0) is 13.0 Å². The molecule has 3 heterocycles. The maximum absolute atomic E-state index is 6.16. The number of aromatic nitrogens is 2. The lowest BCUT2D eigenvalue weighted by Crippen LogP contribution is -2.23. The van der Waals surface area contributed by atoms with E-state index in [1.807, 2.05) is 11.8 Å². The third-order valence-electron chi connectivity index (χ3n) is 3.22.